The molecule has 1 aliphatic heterocycles. The second-order valence-corrected chi connectivity index (χ2v) is 13.7. The molecular weight excluding hydrogens is 564 g/mol. The summed E-state index contributed by atoms with van der Waals surface area (Å²) < 4.78 is 5.40. The molecule has 0 saturated carbocycles. The van der Waals surface area contributed by atoms with Gasteiger partial charge in [0.25, 0.3) is 0 Å². The minimum absolute atomic E-state index is 0.0825. The molecule has 2 N–H and O–H groups in total. The zero-order valence-corrected chi connectivity index (χ0v) is 27.7. The summed E-state index contributed by atoms with van der Waals surface area (Å²) in [5, 5.41) is 11.9. The van der Waals surface area contributed by atoms with Crippen LogP contribution in [0.4, 0.5) is 4.79 Å². The van der Waals surface area contributed by atoms with E-state index in [-0.39, 0.29) is 37.1 Å². The van der Waals surface area contributed by atoms with Crippen LogP contribution in [0.15, 0.2) is 30.3 Å². The molecule has 1 aliphatic rings. The van der Waals surface area contributed by atoms with Crippen LogP contribution < -0.4 is 5.32 Å². The third-order valence-corrected chi connectivity index (χ3v) is 7.78. The molecule has 1 saturated heterocycles. The fraction of sp³-hybridized carbons (Fsp3) is 0.667. The number of nitrogens with one attached hydrogen (secondary N) is 1. The van der Waals surface area contributed by atoms with Crippen molar-refractivity contribution in [1.82, 2.24) is 20.0 Å². The number of ether oxygens (including phenoxy) is 1. The number of carbonyl (C=O) groups is 5. The Labute approximate surface area is 262 Å². The van der Waals surface area contributed by atoms with Gasteiger partial charge < -0.3 is 25.0 Å². The van der Waals surface area contributed by atoms with Crippen LogP contribution in [0.5, 0.6) is 0 Å². The monoisotopic (exact) mass is 616 g/mol. The van der Waals surface area contributed by atoms with Gasteiger partial charge >= 0.3 is 12.1 Å². The molecule has 11 heteroatoms. The summed E-state index contributed by atoms with van der Waals surface area (Å²) >= 11 is 0. The fourth-order valence-corrected chi connectivity index (χ4v) is 5.09. The molecule has 0 aliphatic carbocycles. The Morgan fingerprint density at radius 1 is 1.05 bits per heavy atom. The van der Waals surface area contributed by atoms with Gasteiger partial charge in [0.15, 0.2) is 0 Å². The summed E-state index contributed by atoms with van der Waals surface area (Å²) in [5.41, 5.74) is -0.275. The number of hydrogen-bond acceptors (Lipinski definition) is 6. The number of benzene rings is 1. The number of likely N-dealkylation sites (N-methyl/N-ethyl adjacent to an activating group) is 1. The number of carbonyl (C=O) groups excluding carboxylic acids is 4. The Morgan fingerprint density at radius 2 is 1.68 bits per heavy atom. The first kappa shape index (κ1) is 36.6. The molecule has 0 unspecified atom stereocenters. The summed E-state index contributed by atoms with van der Waals surface area (Å²) in [5.74, 6) is -1.79. The van der Waals surface area contributed by atoms with Crippen LogP contribution in [0.2, 0.25) is 0 Å². The highest BCUT2D eigenvalue weighted by Gasteiger charge is 2.41. The van der Waals surface area contributed by atoms with Gasteiger partial charge in [0, 0.05) is 45.6 Å². The van der Waals surface area contributed by atoms with Crippen molar-refractivity contribution >= 4 is 29.8 Å². The van der Waals surface area contributed by atoms with E-state index in [1.54, 1.807) is 37.5 Å². The maximum absolute atomic E-state index is 14.1. The maximum atomic E-state index is 14.1. The van der Waals surface area contributed by atoms with Gasteiger partial charge in [0.05, 0.1) is 0 Å². The number of hydrogen-bond donors (Lipinski definition) is 2. The van der Waals surface area contributed by atoms with E-state index in [0.717, 1.165) is 12.0 Å². The second kappa shape index (κ2) is 15.9. The zero-order valence-electron chi connectivity index (χ0n) is 27.7. The summed E-state index contributed by atoms with van der Waals surface area (Å²) in [6, 6.07) is 7.82. The molecule has 1 aromatic rings. The third kappa shape index (κ3) is 11.5. The van der Waals surface area contributed by atoms with Crippen molar-refractivity contribution in [2.24, 2.45) is 5.41 Å². The quantitative estimate of drug-likeness (QED) is 0.341. The molecule has 2 rings (SSSR count). The van der Waals surface area contributed by atoms with Gasteiger partial charge in [-0.2, -0.15) is 0 Å². The van der Waals surface area contributed by atoms with E-state index in [4.69, 9.17) is 9.84 Å². The standard InChI is InChI=1S/C33H52N4O7/c1-23(35(8)31(43)44-33(5,6)7)29(41)34-28(32(2,3)4)30(42)37-20-13-16-25(37)22-36(26(38)17-12-18-27(39)40)21-19-24-14-10-9-11-15-24/h9-11,14-15,23,25,28H,12-13,16-22H2,1-8H3,(H,34,41)(H,39,40)/t23-,25-,28+/m0/s1. The lowest BCUT2D eigenvalue weighted by Gasteiger charge is -2.38. The maximum Gasteiger partial charge on any atom is 0.410 e. The number of rotatable bonds is 13. The number of carboxylic acid groups (broad SMARTS) is 1. The van der Waals surface area contributed by atoms with Crippen molar-refractivity contribution in [3.05, 3.63) is 35.9 Å². The van der Waals surface area contributed by atoms with Crippen molar-refractivity contribution in [2.75, 3.05) is 26.7 Å². The average molecular weight is 617 g/mol. The lowest BCUT2D eigenvalue weighted by Crippen LogP contribution is -2.59. The van der Waals surface area contributed by atoms with Crippen LogP contribution in [-0.4, -0.2) is 100.0 Å². The Bertz CT molecular complexity index is 1140. The van der Waals surface area contributed by atoms with Crippen molar-refractivity contribution < 1.29 is 33.8 Å². The molecule has 0 radical (unpaired) electrons. The minimum atomic E-state index is -0.942. The Balaban J connectivity index is 2.19. The molecule has 0 bridgehead atoms. The largest absolute Gasteiger partial charge is 0.481 e. The highest BCUT2D eigenvalue weighted by Crippen LogP contribution is 2.27. The molecule has 4 amide bonds. The van der Waals surface area contributed by atoms with Gasteiger partial charge in [0.2, 0.25) is 17.7 Å². The molecular formula is C33H52N4O7. The Kier molecular flexibility index (Phi) is 13.2. The minimum Gasteiger partial charge on any atom is -0.481 e. The third-order valence-electron chi connectivity index (χ3n) is 7.78. The van der Waals surface area contributed by atoms with E-state index in [9.17, 15) is 24.0 Å². The van der Waals surface area contributed by atoms with Gasteiger partial charge in [-0.15, -0.1) is 0 Å². The SMILES string of the molecule is C[C@@H](C(=O)N[C@H](C(=O)N1CCC[C@H]1CN(CCc1ccccc1)C(=O)CCCC(=O)O)C(C)(C)C)N(C)C(=O)OC(C)(C)C. The molecule has 1 fully saturated rings. The second-order valence-electron chi connectivity index (χ2n) is 13.7. The van der Waals surface area contributed by atoms with Crippen molar-refractivity contribution in [3.63, 3.8) is 0 Å². The van der Waals surface area contributed by atoms with E-state index in [0.29, 0.717) is 32.5 Å². The molecule has 0 spiro atoms. The van der Waals surface area contributed by atoms with Crippen molar-refractivity contribution in [2.45, 2.75) is 111 Å². The van der Waals surface area contributed by atoms with Crippen LogP contribution >= 0.6 is 0 Å². The summed E-state index contributed by atoms with van der Waals surface area (Å²) in [4.78, 5) is 69.0. The number of carboxylic acids is 1. The van der Waals surface area contributed by atoms with Crippen LogP contribution in [0.3, 0.4) is 0 Å². The smallest absolute Gasteiger partial charge is 0.410 e. The predicted octanol–water partition coefficient (Wildman–Crippen LogP) is 4.09. The van der Waals surface area contributed by atoms with Gasteiger partial charge in [-0.25, -0.2) is 4.79 Å². The van der Waals surface area contributed by atoms with Crippen LogP contribution in [0.1, 0.15) is 86.1 Å². The lowest BCUT2D eigenvalue weighted by molar-refractivity contribution is -0.142. The molecule has 1 aromatic carbocycles. The Hall–Kier alpha value is -3.63. The van der Waals surface area contributed by atoms with E-state index < -0.39 is 41.1 Å². The topological polar surface area (TPSA) is 137 Å². The molecule has 0 aromatic heterocycles. The van der Waals surface area contributed by atoms with Crippen molar-refractivity contribution in [1.29, 1.82) is 0 Å². The van der Waals surface area contributed by atoms with Gasteiger partial charge in [-0.3, -0.25) is 24.1 Å². The van der Waals surface area contributed by atoms with Crippen LogP contribution in [-0.2, 0) is 30.3 Å². The van der Waals surface area contributed by atoms with E-state index >= 15 is 0 Å². The summed E-state index contributed by atoms with van der Waals surface area (Å²) in [6.45, 7) is 13.7. The number of nitrogens with zero attached hydrogens (tertiary/aromatic N) is 3. The molecule has 44 heavy (non-hydrogen) atoms. The predicted molar refractivity (Wildman–Crippen MR) is 168 cm³/mol. The summed E-state index contributed by atoms with van der Waals surface area (Å²) in [7, 11) is 1.49. The first-order valence-corrected chi connectivity index (χ1v) is 15.5. The normalized spacial score (nSPS) is 16.5. The zero-order chi connectivity index (χ0) is 33.2. The fourth-order valence-electron chi connectivity index (χ4n) is 5.09. The Morgan fingerprint density at radius 3 is 2.25 bits per heavy atom. The van der Waals surface area contributed by atoms with E-state index in [1.165, 1.54) is 11.9 Å². The van der Waals surface area contributed by atoms with Gasteiger partial charge in [-0.1, -0.05) is 51.1 Å². The lowest BCUT2D eigenvalue weighted by atomic mass is 9.85. The summed E-state index contributed by atoms with van der Waals surface area (Å²) in [6.07, 6.45) is 1.75. The van der Waals surface area contributed by atoms with Gasteiger partial charge in [-0.05, 0) is 64.4 Å². The highest BCUT2D eigenvalue weighted by atomic mass is 16.6. The van der Waals surface area contributed by atoms with Crippen LogP contribution in [0, 0.1) is 5.41 Å². The number of aliphatic carboxylic acids is 1. The van der Waals surface area contributed by atoms with Gasteiger partial charge in [0.1, 0.15) is 17.7 Å². The van der Waals surface area contributed by atoms with Crippen molar-refractivity contribution in [3.8, 4) is 0 Å². The first-order valence-electron chi connectivity index (χ1n) is 15.5. The molecule has 246 valence electrons. The number of amides is 4. The number of likely N-dealkylation sites (tertiary alicyclic amines) is 1. The van der Waals surface area contributed by atoms with Crippen LogP contribution in [0.25, 0.3) is 0 Å². The van der Waals surface area contributed by atoms with E-state index in [1.807, 2.05) is 51.1 Å². The van der Waals surface area contributed by atoms with E-state index in [2.05, 4.69) is 5.32 Å². The molecule has 3 atom stereocenters. The average Bonchev–Trinajstić information content (AvgIpc) is 3.39. The first-order chi connectivity index (χ1) is 20.4. The molecule has 11 nitrogen and oxygen atoms in total. The molecule has 1 heterocycles. The highest BCUT2D eigenvalue weighted by molar-refractivity contribution is 5.92.